The van der Waals surface area contributed by atoms with Gasteiger partial charge in [-0.25, -0.2) is 0 Å². The standard InChI is InChI=1S/C31H37ClN2O5/c1-20-16-22(4-11-28(20)39-15-14-34-29(35)12-13-30(34)36)19-33(18-21-2-5-23(6-3-21)31(37)38)27-10-7-24-17-25(32)8-9-26(24)27/h4,8-9,11,16-17,21,23,27H,2-3,5-7,10,12-15,18-19H2,1H3,(H,37,38)/t21-,23-,27?. The van der Waals surface area contributed by atoms with Gasteiger partial charge in [-0.3, -0.25) is 24.2 Å². The molecule has 7 nitrogen and oxygen atoms in total. The number of fused-ring (bicyclic) bond motifs is 1. The smallest absolute Gasteiger partial charge is 0.306 e. The Morgan fingerprint density at radius 1 is 1.03 bits per heavy atom. The number of rotatable bonds is 10. The van der Waals surface area contributed by atoms with E-state index in [-0.39, 0.29) is 30.9 Å². The van der Waals surface area contributed by atoms with Crippen molar-refractivity contribution >= 4 is 29.4 Å². The Balaban J connectivity index is 1.27. The summed E-state index contributed by atoms with van der Waals surface area (Å²) in [7, 11) is 0. The number of halogens is 1. The van der Waals surface area contributed by atoms with Gasteiger partial charge in [-0.2, -0.15) is 0 Å². The Bertz CT molecular complexity index is 1220. The maximum absolute atomic E-state index is 11.8. The van der Waals surface area contributed by atoms with E-state index in [9.17, 15) is 19.5 Å². The van der Waals surface area contributed by atoms with E-state index >= 15 is 0 Å². The molecule has 208 valence electrons. The van der Waals surface area contributed by atoms with Gasteiger partial charge in [0.25, 0.3) is 0 Å². The van der Waals surface area contributed by atoms with Crippen LogP contribution in [0.2, 0.25) is 5.02 Å². The van der Waals surface area contributed by atoms with Crippen LogP contribution in [-0.2, 0) is 27.3 Å². The second-order valence-corrected chi connectivity index (χ2v) is 11.7. The third kappa shape index (κ3) is 6.47. The Kier molecular flexibility index (Phi) is 8.57. The van der Waals surface area contributed by atoms with E-state index in [1.807, 2.05) is 19.1 Å². The molecular formula is C31H37ClN2O5. The lowest BCUT2D eigenvalue weighted by Crippen LogP contribution is -2.34. The number of carboxylic acids is 1. The van der Waals surface area contributed by atoms with Crippen LogP contribution in [0, 0.1) is 18.8 Å². The van der Waals surface area contributed by atoms with E-state index in [4.69, 9.17) is 16.3 Å². The van der Waals surface area contributed by atoms with Crippen LogP contribution in [0.5, 0.6) is 5.75 Å². The first-order chi connectivity index (χ1) is 18.8. The molecule has 0 bridgehead atoms. The van der Waals surface area contributed by atoms with Crippen molar-refractivity contribution in [3.63, 3.8) is 0 Å². The molecular weight excluding hydrogens is 516 g/mol. The first kappa shape index (κ1) is 27.7. The molecule has 1 atom stereocenters. The number of ether oxygens (including phenoxy) is 1. The minimum Gasteiger partial charge on any atom is -0.491 e. The Hall–Kier alpha value is -2.90. The van der Waals surface area contributed by atoms with Crippen molar-refractivity contribution in [3.05, 3.63) is 63.7 Å². The molecule has 0 radical (unpaired) electrons. The molecule has 8 heteroatoms. The number of carbonyl (C=O) groups excluding carboxylic acids is 2. The average Bonchev–Trinajstić information content (AvgIpc) is 3.47. The molecule has 2 fully saturated rings. The zero-order valence-corrected chi connectivity index (χ0v) is 23.3. The summed E-state index contributed by atoms with van der Waals surface area (Å²) in [5, 5.41) is 10.2. The minimum absolute atomic E-state index is 0.122. The van der Waals surface area contributed by atoms with Crippen LogP contribution in [0.3, 0.4) is 0 Å². The molecule has 2 aromatic carbocycles. The van der Waals surface area contributed by atoms with Crippen molar-refractivity contribution < 1.29 is 24.2 Å². The number of aryl methyl sites for hydroxylation is 2. The fraction of sp³-hybridized carbons (Fsp3) is 0.516. The van der Waals surface area contributed by atoms with Gasteiger partial charge in [0, 0.05) is 37.0 Å². The van der Waals surface area contributed by atoms with Gasteiger partial charge in [-0.05, 0) is 91.8 Å². The molecule has 1 saturated heterocycles. The van der Waals surface area contributed by atoms with E-state index in [1.54, 1.807) is 0 Å². The van der Waals surface area contributed by atoms with Gasteiger partial charge in [0.1, 0.15) is 12.4 Å². The number of carbonyl (C=O) groups is 3. The van der Waals surface area contributed by atoms with Crippen LogP contribution >= 0.6 is 11.6 Å². The first-order valence-corrected chi connectivity index (χ1v) is 14.5. The highest BCUT2D eigenvalue weighted by atomic mass is 35.5. The average molecular weight is 553 g/mol. The summed E-state index contributed by atoms with van der Waals surface area (Å²) < 4.78 is 5.94. The van der Waals surface area contributed by atoms with E-state index < -0.39 is 5.97 Å². The highest BCUT2D eigenvalue weighted by Crippen LogP contribution is 2.40. The summed E-state index contributed by atoms with van der Waals surface area (Å²) in [5.74, 6) is 0.129. The topological polar surface area (TPSA) is 87.2 Å². The third-order valence-electron chi connectivity index (χ3n) is 8.63. The maximum Gasteiger partial charge on any atom is 0.306 e. The largest absolute Gasteiger partial charge is 0.491 e. The molecule has 2 amide bonds. The molecule has 1 N–H and O–H groups in total. The van der Waals surface area contributed by atoms with E-state index in [2.05, 4.69) is 29.2 Å². The number of aliphatic carboxylic acids is 1. The number of hydrogen-bond acceptors (Lipinski definition) is 5. The fourth-order valence-electron chi connectivity index (χ4n) is 6.49. The second-order valence-electron chi connectivity index (χ2n) is 11.3. The first-order valence-electron chi connectivity index (χ1n) is 14.1. The fourth-order valence-corrected chi connectivity index (χ4v) is 6.69. The van der Waals surface area contributed by atoms with E-state index in [0.29, 0.717) is 24.8 Å². The Morgan fingerprint density at radius 3 is 2.46 bits per heavy atom. The molecule has 0 spiro atoms. The molecule has 1 saturated carbocycles. The number of amides is 2. The number of likely N-dealkylation sites (tertiary alicyclic amines) is 1. The summed E-state index contributed by atoms with van der Waals surface area (Å²) in [6.07, 6.45) is 6.05. The summed E-state index contributed by atoms with van der Waals surface area (Å²) in [4.78, 5) is 39.0. The lowest BCUT2D eigenvalue weighted by atomic mass is 9.81. The molecule has 5 rings (SSSR count). The van der Waals surface area contributed by atoms with Gasteiger partial charge in [-0.15, -0.1) is 0 Å². The van der Waals surface area contributed by atoms with Crippen molar-refractivity contribution in [1.82, 2.24) is 9.80 Å². The predicted molar refractivity (Wildman–Crippen MR) is 149 cm³/mol. The molecule has 1 unspecified atom stereocenters. The summed E-state index contributed by atoms with van der Waals surface area (Å²) in [6, 6.07) is 12.8. The molecule has 1 heterocycles. The number of imide groups is 1. The van der Waals surface area contributed by atoms with Crippen molar-refractivity contribution in [1.29, 1.82) is 0 Å². The Labute approximate surface area is 235 Å². The van der Waals surface area contributed by atoms with Gasteiger partial charge in [-0.1, -0.05) is 29.8 Å². The normalized spacial score (nSPS) is 22.9. The van der Waals surface area contributed by atoms with E-state index in [1.165, 1.54) is 21.6 Å². The van der Waals surface area contributed by atoms with Crippen LogP contribution in [0.15, 0.2) is 36.4 Å². The van der Waals surface area contributed by atoms with Crippen LogP contribution in [0.1, 0.15) is 73.2 Å². The van der Waals surface area contributed by atoms with Crippen molar-refractivity contribution in [2.75, 3.05) is 19.7 Å². The highest BCUT2D eigenvalue weighted by molar-refractivity contribution is 6.30. The van der Waals surface area contributed by atoms with Crippen molar-refractivity contribution in [3.8, 4) is 5.75 Å². The van der Waals surface area contributed by atoms with Crippen molar-refractivity contribution in [2.45, 2.75) is 70.9 Å². The zero-order chi connectivity index (χ0) is 27.5. The van der Waals surface area contributed by atoms with Gasteiger partial charge < -0.3 is 9.84 Å². The third-order valence-corrected chi connectivity index (χ3v) is 8.87. The van der Waals surface area contributed by atoms with Crippen LogP contribution in [-0.4, -0.2) is 52.4 Å². The number of nitrogens with zero attached hydrogens (tertiary/aromatic N) is 2. The lowest BCUT2D eigenvalue weighted by molar-refractivity contribution is -0.143. The van der Waals surface area contributed by atoms with Gasteiger partial charge in [0.2, 0.25) is 11.8 Å². The predicted octanol–water partition coefficient (Wildman–Crippen LogP) is 5.56. The quantitative estimate of drug-likeness (QED) is 0.388. The second kappa shape index (κ2) is 12.1. The maximum atomic E-state index is 11.8. The monoisotopic (exact) mass is 552 g/mol. The van der Waals surface area contributed by atoms with E-state index in [0.717, 1.165) is 68.0 Å². The molecule has 1 aliphatic heterocycles. The summed E-state index contributed by atoms with van der Waals surface area (Å²) >= 11 is 6.29. The zero-order valence-electron chi connectivity index (χ0n) is 22.5. The van der Waals surface area contributed by atoms with Crippen LogP contribution in [0.25, 0.3) is 0 Å². The molecule has 2 aromatic rings. The van der Waals surface area contributed by atoms with Crippen LogP contribution in [0.4, 0.5) is 0 Å². The van der Waals surface area contributed by atoms with Gasteiger partial charge >= 0.3 is 5.97 Å². The molecule has 3 aliphatic rings. The molecule has 0 aromatic heterocycles. The molecule has 2 aliphatic carbocycles. The highest BCUT2D eigenvalue weighted by Gasteiger charge is 2.33. The van der Waals surface area contributed by atoms with Crippen molar-refractivity contribution in [2.24, 2.45) is 11.8 Å². The summed E-state index contributed by atoms with van der Waals surface area (Å²) in [5.41, 5.74) is 4.89. The number of hydrogen-bond donors (Lipinski definition) is 1. The SMILES string of the molecule is Cc1cc(CN(C[C@H]2CC[C@H](C(=O)O)CC2)C2CCc3cc(Cl)ccc32)ccc1OCCN1C(=O)CCC1=O. The Morgan fingerprint density at radius 2 is 1.77 bits per heavy atom. The summed E-state index contributed by atoms with van der Waals surface area (Å²) in [6.45, 7) is 4.32. The van der Waals surface area contributed by atoms with Gasteiger partial charge in [0.05, 0.1) is 12.5 Å². The molecule has 39 heavy (non-hydrogen) atoms. The lowest BCUT2D eigenvalue weighted by Gasteiger charge is -2.35. The van der Waals surface area contributed by atoms with Crippen LogP contribution < -0.4 is 4.74 Å². The minimum atomic E-state index is -0.664. The van der Waals surface area contributed by atoms with Gasteiger partial charge in [0.15, 0.2) is 0 Å². The number of benzene rings is 2. The number of carboxylic acid groups (broad SMARTS) is 1.